The van der Waals surface area contributed by atoms with E-state index in [1.807, 2.05) is 0 Å². The van der Waals surface area contributed by atoms with Crippen molar-refractivity contribution in [3.05, 3.63) is 50.4 Å². The van der Waals surface area contributed by atoms with Gasteiger partial charge in [0.05, 0.1) is 16.3 Å². The molecule has 0 fully saturated rings. The smallest absolute Gasteiger partial charge is 0.271 e. The number of hydrogen-bond donors (Lipinski definition) is 2. The quantitative estimate of drug-likeness (QED) is 0.666. The van der Waals surface area contributed by atoms with Crippen LogP contribution < -0.4 is 11.0 Å². The average molecular weight is 284 g/mol. The number of aromatic amines is 1. The highest BCUT2D eigenvalue weighted by Crippen LogP contribution is 2.24. The van der Waals surface area contributed by atoms with Crippen molar-refractivity contribution in [2.24, 2.45) is 5.10 Å². The summed E-state index contributed by atoms with van der Waals surface area (Å²) in [5.41, 5.74) is 2.79. The molecule has 8 heteroatoms. The number of hydrogen-bond acceptors (Lipinski definition) is 5. The molecule has 0 radical (unpaired) electrons. The standard InChI is InChI=1S/C10H7Cl2N5O/c11-7-3-1-2-6(9(7)12)4-13-16-10-15-8(18)5-14-17-10/h1-5H,(H2,15,16,17,18)/b13-4+. The summed E-state index contributed by atoms with van der Waals surface area (Å²) in [6.07, 6.45) is 2.52. The van der Waals surface area contributed by atoms with Gasteiger partial charge in [0.1, 0.15) is 6.20 Å². The van der Waals surface area contributed by atoms with E-state index < -0.39 is 0 Å². The first kappa shape index (κ1) is 12.5. The van der Waals surface area contributed by atoms with Crippen LogP contribution in [0.5, 0.6) is 0 Å². The van der Waals surface area contributed by atoms with Gasteiger partial charge in [0.2, 0.25) is 5.95 Å². The fourth-order valence-electron chi connectivity index (χ4n) is 1.15. The van der Waals surface area contributed by atoms with E-state index in [0.29, 0.717) is 15.6 Å². The maximum atomic E-state index is 10.9. The summed E-state index contributed by atoms with van der Waals surface area (Å²) in [5.74, 6) is 0.136. The zero-order chi connectivity index (χ0) is 13.0. The van der Waals surface area contributed by atoms with Crippen molar-refractivity contribution in [1.29, 1.82) is 0 Å². The minimum atomic E-state index is -0.372. The monoisotopic (exact) mass is 283 g/mol. The SMILES string of the molecule is O=c1cnnc(N/N=C/c2cccc(Cl)c2Cl)[nH]1. The molecule has 0 amide bonds. The predicted molar refractivity (Wildman–Crippen MR) is 70.3 cm³/mol. The summed E-state index contributed by atoms with van der Waals surface area (Å²) in [4.78, 5) is 13.3. The van der Waals surface area contributed by atoms with Crippen LogP contribution in [0.1, 0.15) is 5.56 Å². The number of H-pyrrole nitrogens is 1. The van der Waals surface area contributed by atoms with Gasteiger partial charge in [-0.15, -0.1) is 10.2 Å². The fourth-order valence-corrected chi connectivity index (χ4v) is 1.50. The second-order valence-electron chi connectivity index (χ2n) is 3.20. The molecule has 92 valence electrons. The van der Waals surface area contributed by atoms with Crippen molar-refractivity contribution in [2.45, 2.75) is 0 Å². The molecule has 0 atom stereocenters. The lowest BCUT2D eigenvalue weighted by atomic mass is 10.2. The van der Waals surface area contributed by atoms with Gasteiger partial charge in [-0.05, 0) is 6.07 Å². The number of rotatable bonds is 3. The number of nitrogens with one attached hydrogen (secondary N) is 2. The summed E-state index contributed by atoms with van der Waals surface area (Å²) >= 11 is 11.8. The summed E-state index contributed by atoms with van der Waals surface area (Å²) in [7, 11) is 0. The Bertz CT molecular complexity index is 640. The lowest BCUT2D eigenvalue weighted by Crippen LogP contribution is -2.10. The molecule has 0 unspecified atom stereocenters. The van der Waals surface area contributed by atoms with Crippen LogP contribution in [0.3, 0.4) is 0 Å². The molecule has 1 aromatic heterocycles. The Balaban J connectivity index is 2.12. The zero-order valence-electron chi connectivity index (χ0n) is 8.89. The largest absolute Gasteiger partial charge is 0.289 e. The molecule has 0 aliphatic carbocycles. The van der Waals surface area contributed by atoms with Crippen LogP contribution in [0.4, 0.5) is 5.95 Å². The highest BCUT2D eigenvalue weighted by atomic mass is 35.5. The maximum absolute atomic E-state index is 10.9. The van der Waals surface area contributed by atoms with Crippen LogP contribution >= 0.6 is 23.2 Å². The molecule has 0 saturated heterocycles. The molecule has 0 bridgehead atoms. The Labute approximate surface area is 112 Å². The molecule has 0 spiro atoms. The first-order valence-electron chi connectivity index (χ1n) is 4.82. The lowest BCUT2D eigenvalue weighted by Gasteiger charge is -2.00. The van der Waals surface area contributed by atoms with E-state index in [1.54, 1.807) is 18.2 Å². The molecule has 0 aliphatic heterocycles. The van der Waals surface area contributed by atoms with E-state index in [9.17, 15) is 4.79 Å². The molecule has 6 nitrogen and oxygen atoms in total. The molecule has 0 aliphatic rings. The molecule has 2 rings (SSSR count). The van der Waals surface area contributed by atoms with Crippen molar-refractivity contribution in [3.8, 4) is 0 Å². The summed E-state index contributed by atoms with van der Waals surface area (Å²) in [5, 5.41) is 11.8. The molecular formula is C10H7Cl2N5O. The Morgan fingerprint density at radius 1 is 1.39 bits per heavy atom. The minimum absolute atomic E-state index is 0.136. The summed E-state index contributed by atoms with van der Waals surface area (Å²) < 4.78 is 0. The molecule has 2 N–H and O–H groups in total. The fraction of sp³-hybridized carbons (Fsp3) is 0. The predicted octanol–water partition coefficient (Wildman–Crippen LogP) is 1.92. The average Bonchev–Trinajstić information content (AvgIpc) is 2.35. The molecule has 0 saturated carbocycles. The Morgan fingerprint density at radius 3 is 3.00 bits per heavy atom. The van der Waals surface area contributed by atoms with E-state index in [4.69, 9.17) is 23.2 Å². The topological polar surface area (TPSA) is 83.0 Å². The van der Waals surface area contributed by atoms with Crippen molar-refractivity contribution in [3.63, 3.8) is 0 Å². The number of aromatic nitrogens is 3. The van der Waals surface area contributed by atoms with Gasteiger partial charge in [-0.3, -0.25) is 9.78 Å². The number of nitrogens with zero attached hydrogens (tertiary/aromatic N) is 3. The van der Waals surface area contributed by atoms with Crippen LogP contribution in [0.2, 0.25) is 10.0 Å². The first-order valence-corrected chi connectivity index (χ1v) is 5.57. The van der Waals surface area contributed by atoms with Gasteiger partial charge in [-0.25, -0.2) is 5.43 Å². The van der Waals surface area contributed by atoms with Gasteiger partial charge in [0.25, 0.3) is 5.56 Å². The first-order chi connectivity index (χ1) is 8.66. The van der Waals surface area contributed by atoms with Crippen molar-refractivity contribution >= 4 is 35.4 Å². The zero-order valence-corrected chi connectivity index (χ0v) is 10.4. The van der Waals surface area contributed by atoms with E-state index in [1.165, 1.54) is 6.21 Å². The molecular weight excluding hydrogens is 277 g/mol. The van der Waals surface area contributed by atoms with Crippen LogP contribution in [-0.4, -0.2) is 21.4 Å². The molecule has 18 heavy (non-hydrogen) atoms. The Morgan fingerprint density at radius 2 is 2.22 bits per heavy atom. The van der Waals surface area contributed by atoms with Gasteiger partial charge < -0.3 is 0 Å². The highest BCUT2D eigenvalue weighted by Gasteiger charge is 2.01. The summed E-state index contributed by atoms with van der Waals surface area (Å²) in [6, 6.07) is 5.17. The number of anilines is 1. The second-order valence-corrected chi connectivity index (χ2v) is 3.98. The Hall–Kier alpha value is -1.92. The van der Waals surface area contributed by atoms with Crippen LogP contribution in [-0.2, 0) is 0 Å². The molecule has 1 heterocycles. The van der Waals surface area contributed by atoms with Gasteiger partial charge in [-0.1, -0.05) is 35.3 Å². The minimum Gasteiger partial charge on any atom is -0.289 e. The van der Waals surface area contributed by atoms with Gasteiger partial charge in [-0.2, -0.15) is 5.10 Å². The maximum Gasteiger partial charge on any atom is 0.271 e. The number of hydrazone groups is 1. The highest BCUT2D eigenvalue weighted by molar-refractivity contribution is 6.43. The van der Waals surface area contributed by atoms with E-state index in [0.717, 1.165) is 6.20 Å². The molecule has 1 aromatic carbocycles. The third-order valence-electron chi connectivity index (χ3n) is 1.93. The van der Waals surface area contributed by atoms with Crippen molar-refractivity contribution in [1.82, 2.24) is 15.2 Å². The van der Waals surface area contributed by atoms with Gasteiger partial charge >= 0.3 is 0 Å². The Kier molecular flexibility index (Phi) is 3.91. The normalized spacial score (nSPS) is 10.8. The second kappa shape index (κ2) is 5.61. The van der Waals surface area contributed by atoms with E-state index in [-0.39, 0.29) is 11.5 Å². The van der Waals surface area contributed by atoms with E-state index >= 15 is 0 Å². The van der Waals surface area contributed by atoms with Crippen LogP contribution in [0, 0.1) is 0 Å². The van der Waals surface area contributed by atoms with Crippen LogP contribution in [0.15, 0.2) is 34.3 Å². The van der Waals surface area contributed by atoms with E-state index in [2.05, 4.69) is 25.7 Å². The summed E-state index contributed by atoms with van der Waals surface area (Å²) in [6.45, 7) is 0. The number of benzene rings is 1. The lowest BCUT2D eigenvalue weighted by molar-refractivity contribution is 0.939. The van der Waals surface area contributed by atoms with Gasteiger partial charge in [0.15, 0.2) is 0 Å². The third-order valence-corrected chi connectivity index (χ3v) is 2.76. The van der Waals surface area contributed by atoms with Crippen molar-refractivity contribution in [2.75, 3.05) is 5.43 Å². The van der Waals surface area contributed by atoms with Gasteiger partial charge in [0, 0.05) is 5.56 Å². The van der Waals surface area contributed by atoms with Crippen LogP contribution in [0.25, 0.3) is 0 Å². The van der Waals surface area contributed by atoms with Crippen molar-refractivity contribution < 1.29 is 0 Å². The number of halogens is 2. The molecule has 2 aromatic rings. The third kappa shape index (κ3) is 3.06.